The van der Waals surface area contributed by atoms with Crippen molar-refractivity contribution in [2.24, 2.45) is 5.73 Å². The number of H-pyrrole nitrogens is 1. The third-order valence-electron chi connectivity index (χ3n) is 5.49. The molecule has 3 aromatic rings. The lowest BCUT2D eigenvalue weighted by molar-refractivity contribution is -0.133. The number of rotatable bonds is 6. The normalized spacial score (nSPS) is 15.2. The first-order chi connectivity index (χ1) is 14.4. The number of hydrogen-bond donors (Lipinski definition) is 3. The number of para-hydroxylation sites is 1. The van der Waals surface area contributed by atoms with Gasteiger partial charge in [0.05, 0.1) is 10.9 Å². The molecule has 1 aromatic heterocycles. The van der Waals surface area contributed by atoms with E-state index in [-0.39, 0.29) is 10.8 Å². The minimum Gasteiger partial charge on any atom is -0.358 e. The molecule has 0 saturated carbocycles. The van der Waals surface area contributed by atoms with E-state index in [0.717, 1.165) is 27.7 Å². The largest absolute Gasteiger partial charge is 0.358 e. The summed E-state index contributed by atoms with van der Waals surface area (Å²) in [6, 6.07) is 14.4. The van der Waals surface area contributed by atoms with Gasteiger partial charge in [0.25, 0.3) is 0 Å². The van der Waals surface area contributed by atoms with Crippen molar-refractivity contribution >= 4 is 26.8 Å². The molecule has 1 aliphatic rings. The van der Waals surface area contributed by atoms with Gasteiger partial charge in [0, 0.05) is 37.3 Å². The van der Waals surface area contributed by atoms with Crippen LogP contribution in [0.1, 0.15) is 23.7 Å². The van der Waals surface area contributed by atoms with Crippen LogP contribution in [0.15, 0.2) is 53.4 Å². The number of benzene rings is 2. The maximum atomic E-state index is 13.0. The highest BCUT2D eigenvalue weighted by atomic mass is 32.2. The summed E-state index contributed by atoms with van der Waals surface area (Å²) >= 11 is 0. The number of carbonyl (C=O) groups excluding carboxylic acids is 1. The number of amides is 1. The number of hydrogen-bond acceptors (Lipinski definition) is 4. The molecule has 7 nitrogen and oxygen atoms in total. The quantitative estimate of drug-likeness (QED) is 0.560. The van der Waals surface area contributed by atoms with E-state index in [9.17, 15) is 13.2 Å². The molecule has 0 fully saturated rings. The molecule has 0 saturated heterocycles. The number of nitrogens with one attached hydrogen (secondary N) is 2. The van der Waals surface area contributed by atoms with Gasteiger partial charge in [-0.05, 0) is 47.2 Å². The maximum Gasteiger partial charge on any atom is 0.240 e. The average molecular weight is 427 g/mol. The van der Waals surface area contributed by atoms with Crippen LogP contribution >= 0.6 is 0 Å². The van der Waals surface area contributed by atoms with Crippen molar-refractivity contribution in [1.82, 2.24) is 14.6 Å². The van der Waals surface area contributed by atoms with E-state index in [0.29, 0.717) is 32.5 Å². The van der Waals surface area contributed by atoms with Gasteiger partial charge < -0.3 is 15.6 Å². The molecule has 0 bridgehead atoms. The zero-order valence-corrected chi connectivity index (χ0v) is 17.7. The molecule has 2 aromatic carbocycles. The molecule has 1 unspecified atom stereocenters. The van der Waals surface area contributed by atoms with Crippen molar-refractivity contribution in [2.45, 2.75) is 37.2 Å². The van der Waals surface area contributed by atoms with Gasteiger partial charge in [0.2, 0.25) is 15.9 Å². The number of nitrogens with zero attached hydrogens (tertiary/aromatic N) is 1. The molecule has 0 aliphatic carbocycles. The Kier molecular flexibility index (Phi) is 5.64. The second kappa shape index (κ2) is 8.22. The zero-order chi connectivity index (χ0) is 21.3. The summed E-state index contributed by atoms with van der Waals surface area (Å²) < 4.78 is 27.1. The highest BCUT2D eigenvalue weighted by Crippen LogP contribution is 2.23. The summed E-state index contributed by atoms with van der Waals surface area (Å²) in [6.07, 6.45) is 1.10. The molecule has 1 aliphatic heterocycles. The minimum atomic E-state index is -3.53. The Hall–Kier alpha value is -2.68. The average Bonchev–Trinajstić information content (AvgIpc) is 3.14. The summed E-state index contributed by atoms with van der Waals surface area (Å²) in [6.45, 7) is 3.01. The molecular formula is C22H26N4O3S. The maximum absolute atomic E-state index is 13.0. The van der Waals surface area contributed by atoms with E-state index in [4.69, 9.17) is 5.73 Å². The Balaban J connectivity index is 1.48. The van der Waals surface area contributed by atoms with Crippen molar-refractivity contribution < 1.29 is 13.2 Å². The van der Waals surface area contributed by atoms with E-state index in [1.54, 1.807) is 24.0 Å². The Morgan fingerprint density at radius 3 is 2.77 bits per heavy atom. The second-order valence-electron chi connectivity index (χ2n) is 7.63. The lowest BCUT2D eigenvalue weighted by Gasteiger charge is -2.31. The SMILES string of the molecule is CCNS(=O)(=O)c1ccc2c(c1)CN(C(=O)C(N)Cc1cc3ccccc3[nH]1)CC2. The summed E-state index contributed by atoms with van der Waals surface area (Å²) in [4.78, 5) is 18.2. The minimum absolute atomic E-state index is 0.126. The fourth-order valence-electron chi connectivity index (χ4n) is 3.96. The van der Waals surface area contributed by atoms with E-state index in [2.05, 4.69) is 9.71 Å². The third kappa shape index (κ3) is 4.12. The van der Waals surface area contributed by atoms with Crippen LogP contribution in [-0.4, -0.2) is 43.3 Å². The van der Waals surface area contributed by atoms with Crippen LogP contribution in [-0.2, 0) is 34.2 Å². The predicted molar refractivity (Wildman–Crippen MR) is 116 cm³/mol. The van der Waals surface area contributed by atoms with Crippen molar-refractivity contribution in [3.05, 3.63) is 65.4 Å². The summed E-state index contributed by atoms with van der Waals surface area (Å²) in [5.74, 6) is -0.126. The van der Waals surface area contributed by atoms with Crippen LogP contribution in [0, 0.1) is 0 Å². The number of sulfonamides is 1. The van der Waals surface area contributed by atoms with Gasteiger partial charge in [-0.15, -0.1) is 0 Å². The summed E-state index contributed by atoms with van der Waals surface area (Å²) in [7, 11) is -3.53. The fourth-order valence-corrected chi connectivity index (χ4v) is 5.06. The highest BCUT2D eigenvalue weighted by Gasteiger charge is 2.26. The Labute approximate surface area is 176 Å². The van der Waals surface area contributed by atoms with Gasteiger partial charge in [-0.1, -0.05) is 31.2 Å². The molecule has 158 valence electrons. The van der Waals surface area contributed by atoms with Crippen LogP contribution in [0.3, 0.4) is 0 Å². The van der Waals surface area contributed by atoms with Crippen LogP contribution in [0.25, 0.3) is 10.9 Å². The zero-order valence-electron chi connectivity index (χ0n) is 16.9. The van der Waals surface area contributed by atoms with Gasteiger partial charge >= 0.3 is 0 Å². The van der Waals surface area contributed by atoms with Crippen molar-refractivity contribution in [3.8, 4) is 0 Å². The Bertz CT molecular complexity index is 1150. The second-order valence-corrected chi connectivity index (χ2v) is 9.40. The van der Waals surface area contributed by atoms with E-state index < -0.39 is 16.1 Å². The van der Waals surface area contributed by atoms with Crippen LogP contribution in [0.2, 0.25) is 0 Å². The molecule has 4 rings (SSSR count). The lowest BCUT2D eigenvalue weighted by Crippen LogP contribution is -2.46. The van der Waals surface area contributed by atoms with Crippen molar-refractivity contribution in [2.75, 3.05) is 13.1 Å². The first-order valence-corrected chi connectivity index (χ1v) is 11.6. The van der Waals surface area contributed by atoms with E-state index in [1.165, 1.54) is 0 Å². The predicted octanol–water partition coefficient (Wildman–Crippen LogP) is 1.92. The van der Waals surface area contributed by atoms with Crippen LogP contribution in [0.4, 0.5) is 0 Å². The molecule has 30 heavy (non-hydrogen) atoms. The van der Waals surface area contributed by atoms with Gasteiger partial charge in [-0.3, -0.25) is 4.79 Å². The highest BCUT2D eigenvalue weighted by molar-refractivity contribution is 7.89. The van der Waals surface area contributed by atoms with Gasteiger partial charge in [-0.25, -0.2) is 13.1 Å². The standard InChI is InChI=1S/C22H26N4O3S/c1-2-24-30(28,29)19-8-7-15-9-10-26(14-17(15)12-19)22(27)20(23)13-18-11-16-5-3-4-6-21(16)25-18/h3-8,11-12,20,24-25H,2,9-10,13-14,23H2,1H3. The Morgan fingerprint density at radius 2 is 2.00 bits per heavy atom. The number of aromatic nitrogens is 1. The molecule has 0 radical (unpaired) electrons. The molecule has 1 amide bonds. The van der Waals surface area contributed by atoms with Gasteiger partial charge in [-0.2, -0.15) is 0 Å². The molecule has 2 heterocycles. The smallest absolute Gasteiger partial charge is 0.240 e. The fraction of sp³-hybridized carbons (Fsp3) is 0.318. The molecule has 0 spiro atoms. The first-order valence-electron chi connectivity index (χ1n) is 10.1. The van der Waals surface area contributed by atoms with Gasteiger partial charge in [0.15, 0.2) is 0 Å². The van der Waals surface area contributed by atoms with Crippen molar-refractivity contribution in [3.63, 3.8) is 0 Å². The molecule has 4 N–H and O–H groups in total. The van der Waals surface area contributed by atoms with Crippen molar-refractivity contribution in [1.29, 1.82) is 0 Å². The summed E-state index contributed by atoms with van der Waals surface area (Å²) in [5.41, 5.74) is 10.1. The number of nitrogens with two attached hydrogens (primary N) is 1. The molecular weight excluding hydrogens is 400 g/mol. The number of aromatic amines is 1. The number of carbonyl (C=O) groups is 1. The third-order valence-corrected chi connectivity index (χ3v) is 7.03. The van der Waals surface area contributed by atoms with Gasteiger partial charge in [0.1, 0.15) is 0 Å². The molecule has 8 heteroatoms. The van der Waals surface area contributed by atoms with E-state index in [1.807, 2.05) is 36.4 Å². The topological polar surface area (TPSA) is 108 Å². The molecule has 1 atom stereocenters. The lowest BCUT2D eigenvalue weighted by atomic mass is 9.99. The summed E-state index contributed by atoms with van der Waals surface area (Å²) in [5, 5.41) is 1.09. The van der Waals surface area contributed by atoms with Crippen LogP contribution in [0.5, 0.6) is 0 Å². The number of fused-ring (bicyclic) bond motifs is 2. The monoisotopic (exact) mass is 426 g/mol. The van der Waals surface area contributed by atoms with E-state index >= 15 is 0 Å². The first kappa shape index (κ1) is 20.6. The Morgan fingerprint density at radius 1 is 1.20 bits per heavy atom. The van der Waals surface area contributed by atoms with Crippen LogP contribution < -0.4 is 10.5 Å².